The van der Waals surface area contributed by atoms with Crippen molar-refractivity contribution in [2.24, 2.45) is 0 Å². The molecule has 31 heavy (non-hydrogen) atoms. The third-order valence-corrected chi connectivity index (χ3v) is 4.20. The number of hydrogen-bond acceptors (Lipinski definition) is 5. The number of benzene rings is 2. The summed E-state index contributed by atoms with van der Waals surface area (Å²) in [5.41, 5.74) is 1.51. The molecule has 0 saturated carbocycles. The number of amides is 2. The molecule has 0 aliphatic heterocycles. The largest absolute Gasteiger partial charge is 0.490 e. The Kier molecular flexibility index (Phi) is 8.92. The van der Waals surface area contributed by atoms with Crippen LogP contribution in [0.25, 0.3) is 6.08 Å². The molecule has 2 aromatic carbocycles. The molecule has 0 fully saturated rings. The lowest BCUT2D eigenvalue weighted by atomic mass is 10.1. The smallest absolute Gasteiger partial charge is 0.266 e. The van der Waals surface area contributed by atoms with Crippen LogP contribution in [0.5, 0.6) is 11.5 Å². The number of carbonyl (C=O) groups is 2. The van der Waals surface area contributed by atoms with Gasteiger partial charge in [0, 0.05) is 18.3 Å². The van der Waals surface area contributed by atoms with E-state index in [0.29, 0.717) is 46.7 Å². The van der Waals surface area contributed by atoms with Crippen LogP contribution in [0.4, 0.5) is 11.4 Å². The summed E-state index contributed by atoms with van der Waals surface area (Å²) < 4.78 is 11.3. The molecule has 2 N–H and O–H groups in total. The Bertz CT molecular complexity index is 1010. The number of ether oxygens (including phenoxy) is 2. The van der Waals surface area contributed by atoms with E-state index in [9.17, 15) is 14.9 Å². The third kappa shape index (κ3) is 7.05. The fourth-order valence-corrected chi connectivity index (χ4v) is 2.91. The quantitative estimate of drug-likeness (QED) is 0.419. The summed E-state index contributed by atoms with van der Waals surface area (Å²) in [6.45, 7) is 6.13. The van der Waals surface area contributed by atoms with Crippen LogP contribution in [-0.4, -0.2) is 25.0 Å². The first-order chi connectivity index (χ1) is 14.9. The molecular weight excluding hydrogens is 418 g/mol. The minimum absolute atomic E-state index is 0.105. The number of rotatable bonds is 9. The second-order valence-corrected chi connectivity index (χ2v) is 6.90. The van der Waals surface area contributed by atoms with E-state index in [0.717, 1.165) is 6.42 Å². The van der Waals surface area contributed by atoms with Gasteiger partial charge < -0.3 is 20.1 Å². The van der Waals surface area contributed by atoms with E-state index in [1.54, 1.807) is 36.4 Å². The average molecular weight is 442 g/mol. The van der Waals surface area contributed by atoms with Gasteiger partial charge in [-0.05, 0) is 61.4 Å². The van der Waals surface area contributed by atoms with Gasteiger partial charge in [-0.1, -0.05) is 18.5 Å². The number of halogens is 1. The molecule has 2 aromatic rings. The number of carbonyl (C=O) groups excluding carboxylic acids is 2. The van der Waals surface area contributed by atoms with Gasteiger partial charge in [-0.15, -0.1) is 0 Å². The Morgan fingerprint density at radius 2 is 1.74 bits per heavy atom. The second kappa shape index (κ2) is 11.6. The van der Waals surface area contributed by atoms with Gasteiger partial charge in [-0.25, -0.2) is 0 Å². The summed E-state index contributed by atoms with van der Waals surface area (Å²) in [5.74, 6) is 0.114. The monoisotopic (exact) mass is 441 g/mol. The van der Waals surface area contributed by atoms with Crippen molar-refractivity contribution in [1.82, 2.24) is 0 Å². The number of nitrogens with zero attached hydrogens (tertiary/aromatic N) is 1. The second-order valence-electron chi connectivity index (χ2n) is 6.49. The van der Waals surface area contributed by atoms with Crippen LogP contribution in [0.15, 0.2) is 42.0 Å². The van der Waals surface area contributed by atoms with Crippen molar-refractivity contribution in [1.29, 1.82) is 5.26 Å². The molecule has 0 atom stereocenters. The number of nitrogens with one attached hydrogen (secondary N) is 2. The summed E-state index contributed by atoms with van der Waals surface area (Å²) >= 11 is 6.35. The highest BCUT2D eigenvalue weighted by molar-refractivity contribution is 6.32. The molecule has 0 unspecified atom stereocenters. The topological polar surface area (TPSA) is 100 Å². The zero-order valence-electron chi connectivity index (χ0n) is 17.6. The maximum absolute atomic E-state index is 12.6. The minimum atomic E-state index is -0.574. The van der Waals surface area contributed by atoms with Crippen molar-refractivity contribution >= 4 is 40.9 Å². The Balaban J connectivity index is 2.24. The lowest BCUT2D eigenvalue weighted by Gasteiger charge is -2.14. The summed E-state index contributed by atoms with van der Waals surface area (Å²) in [4.78, 5) is 23.6. The van der Waals surface area contributed by atoms with Crippen molar-refractivity contribution in [2.75, 3.05) is 23.8 Å². The summed E-state index contributed by atoms with van der Waals surface area (Å²) in [7, 11) is 0. The normalized spacial score (nSPS) is 10.7. The van der Waals surface area contributed by atoms with E-state index in [2.05, 4.69) is 10.6 Å². The highest BCUT2D eigenvalue weighted by atomic mass is 35.5. The molecule has 0 bridgehead atoms. The predicted octanol–water partition coefficient (Wildman–Crippen LogP) is 5.03. The molecule has 0 aliphatic rings. The van der Waals surface area contributed by atoms with Crippen LogP contribution in [-0.2, 0) is 9.59 Å². The highest BCUT2D eigenvalue weighted by Gasteiger charge is 2.14. The van der Waals surface area contributed by atoms with E-state index >= 15 is 0 Å². The van der Waals surface area contributed by atoms with Gasteiger partial charge in [0.15, 0.2) is 11.5 Å². The molecule has 0 saturated heterocycles. The van der Waals surface area contributed by atoms with Crippen molar-refractivity contribution < 1.29 is 19.1 Å². The third-order valence-electron chi connectivity index (χ3n) is 3.92. The maximum Gasteiger partial charge on any atom is 0.266 e. The fourth-order valence-electron chi connectivity index (χ4n) is 2.63. The lowest BCUT2D eigenvalue weighted by molar-refractivity contribution is -0.114. The van der Waals surface area contributed by atoms with Gasteiger partial charge in [-0.3, -0.25) is 9.59 Å². The standard InChI is InChI=1S/C23H24ClN3O4/c1-4-10-31-22-20(24)12-16(13-21(22)30-5-2)11-17(14-25)23(29)27-19-8-6-18(7-9-19)26-15(3)28/h6-9,11-13H,4-5,10H2,1-3H3,(H,26,28)(H,27,29)/b17-11+. The molecule has 8 heteroatoms. The van der Waals surface area contributed by atoms with Crippen LogP contribution in [0.1, 0.15) is 32.8 Å². The van der Waals surface area contributed by atoms with E-state index in [-0.39, 0.29) is 11.5 Å². The number of anilines is 2. The zero-order valence-corrected chi connectivity index (χ0v) is 18.4. The first kappa shape index (κ1) is 23.8. The summed E-state index contributed by atoms with van der Waals surface area (Å²) in [5, 5.41) is 15.1. The Morgan fingerprint density at radius 1 is 1.10 bits per heavy atom. The van der Waals surface area contributed by atoms with Gasteiger partial charge >= 0.3 is 0 Å². The zero-order chi connectivity index (χ0) is 22.8. The summed E-state index contributed by atoms with van der Waals surface area (Å²) in [6.07, 6.45) is 2.24. The van der Waals surface area contributed by atoms with Crippen LogP contribution < -0.4 is 20.1 Å². The first-order valence-electron chi connectivity index (χ1n) is 9.77. The Labute approximate surface area is 186 Å². The molecular formula is C23H24ClN3O4. The molecule has 0 aliphatic carbocycles. The van der Waals surface area contributed by atoms with Crippen LogP contribution in [0, 0.1) is 11.3 Å². The van der Waals surface area contributed by atoms with E-state index < -0.39 is 5.91 Å². The molecule has 2 amide bonds. The fraction of sp³-hybridized carbons (Fsp3) is 0.261. The molecule has 0 radical (unpaired) electrons. The van der Waals surface area contributed by atoms with Gasteiger partial charge in [0.2, 0.25) is 5.91 Å². The maximum atomic E-state index is 12.6. The van der Waals surface area contributed by atoms with Crippen molar-refractivity contribution in [3.8, 4) is 17.6 Å². The van der Waals surface area contributed by atoms with E-state index in [1.807, 2.05) is 19.9 Å². The van der Waals surface area contributed by atoms with Gasteiger partial charge in [0.25, 0.3) is 5.91 Å². The molecule has 0 heterocycles. The Morgan fingerprint density at radius 3 is 2.29 bits per heavy atom. The number of hydrogen-bond donors (Lipinski definition) is 2. The Hall–Kier alpha value is -3.50. The highest BCUT2D eigenvalue weighted by Crippen LogP contribution is 2.37. The van der Waals surface area contributed by atoms with Crippen molar-refractivity contribution in [3.63, 3.8) is 0 Å². The van der Waals surface area contributed by atoms with E-state index in [4.69, 9.17) is 21.1 Å². The molecule has 162 valence electrons. The minimum Gasteiger partial charge on any atom is -0.490 e. The predicted molar refractivity (Wildman–Crippen MR) is 121 cm³/mol. The van der Waals surface area contributed by atoms with Gasteiger partial charge in [-0.2, -0.15) is 5.26 Å². The SMILES string of the molecule is CCCOc1c(Cl)cc(/C=C(\C#N)C(=O)Nc2ccc(NC(C)=O)cc2)cc1OCC. The lowest BCUT2D eigenvalue weighted by Crippen LogP contribution is -2.13. The molecule has 7 nitrogen and oxygen atoms in total. The summed E-state index contributed by atoms with van der Waals surface area (Å²) in [6, 6.07) is 11.7. The molecule has 2 rings (SSSR count). The van der Waals surface area contributed by atoms with Crippen LogP contribution in [0.3, 0.4) is 0 Å². The van der Waals surface area contributed by atoms with Crippen molar-refractivity contribution in [2.45, 2.75) is 27.2 Å². The van der Waals surface area contributed by atoms with Crippen LogP contribution >= 0.6 is 11.6 Å². The number of nitriles is 1. The van der Waals surface area contributed by atoms with Crippen LogP contribution in [0.2, 0.25) is 5.02 Å². The van der Waals surface area contributed by atoms with Crippen molar-refractivity contribution in [3.05, 3.63) is 52.6 Å². The molecule has 0 spiro atoms. The van der Waals surface area contributed by atoms with Gasteiger partial charge in [0.1, 0.15) is 11.6 Å². The van der Waals surface area contributed by atoms with Gasteiger partial charge in [0.05, 0.1) is 18.2 Å². The van der Waals surface area contributed by atoms with E-state index in [1.165, 1.54) is 13.0 Å². The average Bonchev–Trinajstić information content (AvgIpc) is 2.72. The molecule has 0 aromatic heterocycles. The first-order valence-corrected chi connectivity index (χ1v) is 10.2.